The van der Waals surface area contributed by atoms with E-state index in [2.05, 4.69) is 32.9 Å². The van der Waals surface area contributed by atoms with E-state index in [0.29, 0.717) is 54.3 Å². The first kappa shape index (κ1) is 33.9. The van der Waals surface area contributed by atoms with E-state index in [1.165, 1.54) is 0 Å². The Labute approximate surface area is 258 Å². The van der Waals surface area contributed by atoms with Gasteiger partial charge in [0.2, 0.25) is 0 Å². The standard InChI is InChI=1S/C36H50O7/c1-7-10-19-41-30-16-13-26(22-33(30)38-4)29(25-37)36(27-14-17-31(34(23-27)39-5)42-20-11-8-2)28-15-18-32(35(24-28)40-6)43-21-12-9-3/h13-18,22-24,29,36-37H,7-12,19-21,25H2,1-6H3. The van der Waals surface area contributed by atoms with E-state index in [4.69, 9.17) is 28.4 Å². The van der Waals surface area contributed by atoms with Crippen molar-refractivity contribution >= 4 is 0 Å². The summed E-state index contributed by atoms with van der Waals surface area (Å²) in [4.78, 5) is 0. The van der Waals surface area contributed by atoms with Crippen molar-refractivity contribution in [1.29, 1.82) is 0 Å². The van der Waals surface area contributed by atoms with Crippen LogP contribution < -0.4 is 28.4 Å². The first-order chi connectivity index (χ1) is 21.0. The van der Waals surface area contributed by atoms with E-state index < -0.39 is 0 Å². The minimum Gasteiger partial charge on any atom is -0.493 e. The van der Waals surface area contributed by atoms with Crippen LogP contribution in [0.3, 0.4) is 0 Å². The maximum absolute atomic E-state index is 10.9. The molecule has 236 valence electrons. The second-order valence-corrected chi connectivity index (χ2v) is 10.6. The molecule has 0 saturated carbocycles. The fourth-order valence-corrected chi connectivity index (χ4v) is 5.07. The maximum Gasteiger partial charge on any atom is 0.161 e. The number of rotatable bonds is 20. The fraction of sp³-hybridized carbons (Fsp3) is 0.500. The van der Waals surface area contributed by atoms with Gasteiger partial charge in [-0.3, -0.25) is 0 Å². The van der Waals surface area contributed by atoms with Crippen molar-refractivity contribution < 1.29 is 33.5 Å². The highest BCUT2D eigenvalue weighted by Crippen LogP contribution is 2.45. The smallest absolute Gasteiger partial charge is 0.161 e. The molecule has 0 heterocycles. The van der Waals surface area contributed by atoms with Crippen molar-refractivity contribution in [2.24, 2.45) is 0 Å². The number of hydrogen-bond donors (Lipinski definition) is 1. The summed E-state index contributed by atoms with van der Waals surface area (Å²) in [6.45, 7) is 8.17. The molecule has 0 radical (unpaired) electrons. The number of aliphatic hydroxyl groups excluding tert-OH is 1. The Morgan fingerprint density at radius 1 is 0.512 bits per heavy atom. The molecule has 0 amide bonds. The lowest BCUT2D eigenvalue weighted by Gasteiger charge is -2.29. The zero-order chi connectivity index (χ0) is 31.0. The molecular formula is C36H50O7. The van der Waals surface area contributed by atoms with Crippen LogP contribution in [0.5, 0.6) is 34.5 Å². The van der Waals surface area contributed by atoms with Gasteiger partial charge < -0.3 is 33.5 Å². The van der Waals surface area contributed by atoms with Gasteiger partial charge in [0.1, 0.15) is 0 Å². The highest BCUT2D eigenvalue weighted by molar-refractivity contribution is 5.52. The van der Waals surface area contributed by atoms with Crippen LogP contribution in [0, 0.1) is 0 Å². The number of ether oxygens (including phenoxy) is 6. The topological polar surface area (TPSA) is 75.6 Å². The van der Waals surface area contributed by atoms with Crippen molar-refractivity contribution in [2.45, 2.75) is 71.1 Å². The first-order valence-corrected chi connectivity index (χ1v) is 15.6. The molecule has 1 N–H and O–H groups in total. The molecule has 0 aliphatic carbocycles. The molecule has 7 heteroatoms. The average molecular weight is 595 g/mol. The van der Waals surface area contributed by atoms with Gasteiger partial charge in [-0.2, -0.15) is 0 Å². The minimum absolute atomic E-state index is 0.0992. The second kappa shape index (κ2) is 18.2. The molecule has 0 aromatic heterocycles. The largest absolute Gasteiger partial charge is 0.493 e. The van der Waals surface area contributed by atoms with E-state index in [1.54, 1.807) is 21.3 Å². The van der Waals surface area contributed by atoms with Crippen molar-refractivity contribution in [1.82, 2.24) is 0 Å². The van der Waals surface area contributed by atoms with E-state index >= 15 is 0 Å². The van der Waals surface area contributed by atoms with Crippen molar-refractivity contribution in [3.63, 3.8) is 0 Å². The Morgan fingerprint density at radius 2 is 0.860 bits per heavy atom. The third-order valence-electron chi connectivity index (χ3n) is 7.57. The molecule has 0 spiro atoms. The zero-order valence-corrected chi connectivity index (χ0v) is 26.8. The molecule has 3 aromatic rings. The van der Waals surface area contributed by atoms with Crippen LogP contribution in [-0.2, 0) is 0 Å². The third kappa shape index (κ3) is 9.20. The lowest BCUT2D eigenvalue weighted by atomic mass is 9.77. The minimum atomic E-state index is -0.313. The van der Waals surface area contributed by atoms with Gasteiger partial charge in [0.15, 0.2) is 34.5 Å². The van der Waals surface area contributed by atoms with Crippen molar-refractivity contribution in [3.8, 4) is 34.5 Å². The van der Waals surface area contributed by atoms with E-state index in [9.17, 15) is 5.11 Å². The summed E-state index contributed by atoms with van der Waals surface area (Å²) in [5.41, 5.74) is 2.88. The van der Waals surface area contributed by atoms with Crippen molar-refractivity contribution in [2.75, 3.05) is 47.8 Å². The predicted octanol–water partition coefficient (Wildman–Crippen LogP) is 8.16. The maximum atomic E-state index is 10.9. The van der Waals surface area contributed by atoms with Gasteiger partial charge in [-0.25, -0.2) is 0 Å². The van der Waals surface area contributed by atoms with E-state index in [-0.39, 0.29) is 18.4 Å². The molecule has 0 bridgehead atoms. The summed E-state index contributed by atoms with van der Waals surface area (Å²) in [7, 11) is 4.94. The van der Waals surface area contributed by atoms with Crippen molar-refractivity contribution in [3.05, 3.63) is 71.3 Å². The van der Waals surface area contributed by atoms with Gasteiger partial charge in [0, 0.05) is 11.8 Å². The van der Waals surface area contributed by atoms with Crippen LogP contribution in [0.15, 0.2) is 54.6 Å². The molecular weight excluding hydrogens is 544 g/mol. The molecule has 0 aliphatic rings. The second-order valence-electron chi connectivity index (χ2n) is 10.6. The monoisotopic (exact) mass is 594 g/mol. The fourth-order valence-electron chi connectivity index (χ4n) is 5.07. The van der Waals surface area contributed by atoms with Gasteiger partial charge in [0.25, 0.3) is 0 Å². The van der Waals surface area contributed by atoms with Crippen LogP contribution in [0.2, 0.25) is 0 Å². The third-order valence-corrected chi connectivity index (χ3v) is 7.57. The summed E-state index contributed by atoms with van der Waals surface area (Å²) in [5, 5.41) is 10.9. The Kier molecular flexibility index (Phi) is 14.3. The van der Waals surface area contributed by atoms with Crippen LogP contribution in [-0.4, -0.2) is 52.9 Å². The Bertz CT molecular complexity index is 1180. The zero-order valence-electron chi connectivity index (χ0n) is 26.8. The van der Waals surface area contributed by atoms with Gasteiger partial charge in [-0.1, -0.05) is 58.2 Å². The number of unbranched alkanes of at least 4 members (excludes halogenated alkanes) is 3. The van der Waals surface area contributed by atoms with Crippen LogP contribution in [0.1, 0.15) is 87.8 Å². The van der Waals surface area contributed by atoms with E-state index in [0.717, 1.165) is 55.2 Å². The molecule has 7 nitrogen and oxygen atoms in total. The highest BCUT2D eigenvalue weighted by atomic mass is 16.5. The summed E-state index contributed by atoms with van der Waals surface area (Å²) in [6, 6.07) is 17.9. The molecule has 3 aromatic carbocycles. The quantitative estimate of drug-likeness (QED) is 0.132. The van der Waals surface area contributed by atoms with Gasteiger partial charge in [0.05, 0.1) is 47.8 Å². The average Bonchev–Trinajstić information content (AvgIpc) is 3.04. The first-order valence-electron chi connectivity index (χ1n) is 15.6. The SMILES string of the molecule is CCCCOc1ccc(C(CO)C(c2ccc(OCCCC)c(OC)c2)c2ccc(OCCCC)c(OC)c2)cc1OC. The lowest BCUT2D eigenvalue weighted by Crippen LogP contribution is -2.17. The lowest BCUT2D eigenvalue weighted by molar-refractivity contribution is 0.253. The van der Waals surface area contributed by atoms with Crippen LogP contribution in [0.25, 0.3) is 0 Å². The molecule has 1 unspecified atom stereocenters. The highest BCUT2D eigenvalue weighted by Gasteiger charge is 2.29. The number of aliphatic hydroxyl groups is 1. The Balaban J connectivity index is 2.11. The molecule has 43 heavy (non-hydrogen) atoms. The molecule has 0 aliphatic heterocycles. The summed E-state index contributed by atoms with van der Waals surface area (Å²) in [5.74, 6) is 3.47. The molecule has 0 saturated heterocycles. The van der Waals surface area contributed by atoms with Crippen LogP contribution >= 0.6 is 0 Å². The Morgan fingerprint density at radius 3 is 1.19 bits per heavy atom. The number of methoxy groups -OCH3 is 3. The Hall–Kier alpha value is -3.58. The number of benzene rings is 3. The van der Waals surface area contributed by atoms with Crippen LogP contribution in [0.4, 0.5) is 0 Å². The normalized spacial score (nSPS) is 11.7. The predicted molar refractivity (Wildman–Crippen MR) is 172 cm³/mol. The molecule has 3 rings (SSSR count). The molecule has 0 fully saturated rings. The van der Waals surface area contributed by atoms with E-state index in [1.807, 2.05) is 42.5 Å². The number of hydrogen-bond acceptors (Lipinski definition) is 7. The summed E-state index contributed by atoms with van der Waals surface area (Å²) in [6.07, 6.45) is 6.04. The van der Waals surface area contributed by atoms with Gasteiger partial charge in [-0.15, -0.1) is 0 Å². The molecule has 1 atom stereocenters. The summed E-state index contributed by atoms with van der Waals surface area (Å²) < 4.78 is 35.3. The summed E-state index contributed by atoms with van der Waals surface area (Å²) >= 11 is 0. The van der Waals surface area contributed by atoms with Gasteiger partial charge in [-0.05, 0) is 72.4 Å². The van der Waals surface area contributed by atoms with Gasteiger partial charge >= 0.3 is 0 Å².